The first-order chi connectivity index (χ1) is 37.6. The normalized spacial score (nSPS) is 20.8. The van der Waals surface area contributed by atoms with Gasteiger partial charge in [-0.2, -0.15) is 0 Å². The summed E-state index contributed by atoms with van der Waals surface area (Å²) >= 11 is 0. The molecule has 0 unspecified atom stereocenters. The number of aliphatic hydroxyl groups excluding tert-OH is 3. The molecule has 0 aliphatic heterocycles. The minimum Gasteiger partial charge on any atom is -0.439 e. The van der Waals surface area contributed by atoms with Crippen molar-refractivity contribution in [2.24, 2.45) is 0 Å². The fraction of sp³-hybridized carbons (Fsp3) is 0.364. The van der Waals surface area contributed by atoms with E-state index in [-0.39, 0.29) is 33.4 Å². The van der Waals surface area contributed by atoms with Crippen molar-refractivity contribution in [2.45, 2.75) is 154 Å². The van der Waals surface area contributed by atoms with E-state index >= 15 is 28.8 Å². The Morgan fingerprint density at radius 1 is 0.321 bits per heavy atom. The third kappa shape index (κ3) is 11.4. The number of benzene rings is 6. The molecule has 0 spiro atoms. The van der Waals surface area contributed by atoms with E-state index in [9.17, 15) is 15.3 Å². The summed E-state index contributed by atoms with van der Waals surface area (Å²) in [5.41, 5.74) is -8.60. The van der Waals surface area contributed by atoms with Crippen molar-refractivity contribution < 1.29 is 58.3 Å². The van der Waals surface area contributed by atoms with Gasteiger partial charge in [0.05, 0.1) is 16.7 Å². The summed E-state index contributed by atoms with van der Waals surface area (Å²) in [5.74, 6) is -8.58. The number of carbonyl (C=O) groups excluding carboxylic acids is 6. The molecule has 6 atom stereocenters. The van der Waals surface area contributed by atoms with Gasteiger partial charge in [-0.3, -0.25) is 14.4 Å². The van der Waals surface area contributed by atoms with Crippen molar-refractivity contribution in [3.63, 3.8) is 0 Å². The van der Waals surface area contributed by atoms with Gasteiger partial charge in [-0.05, 0) is 108 Å². The van der Waals surface area contributed by atoms with Gasteiger partial charge in [-0.25, -0.2) is 14.4 Å². The summed E-state index contributed by atoms with van der Waals surface area (Å²) in [5, 5.41) is 39.3. The van der Waals surface area contributed by atoms with Crippen LogP contribution in [0.5, 0.6) is 0 Å². The summed E-state index contributed by atoms with van der Waals surface area (Å²) in [6.07, 6.45) is -0.619. The maximum atomic E-state index is 17.1. The van der Waals surface area contributed by atoms with E-state index < -0.39 is 70.4 Å². The van der Waals surface area contributed by atoms with Crippen molar-refractivity contribution in [3.05, 3.63) is 212 Å². The smallest absolute Gasteiger partial charge is 0.339 e. The van der Waals surface area contributed by atoms with E-state index in [4.69, 9.17) is 14.2 Å². The zero-order valence-corrected chi connectivity index (χ0v) is 45.6. The predicted molar refractivity (Wildman–Crippen MR) is 298 cm³/mol. The molecule has 12 nitrogen and oxygen atoms in total. The van der Waals surface area contributed by atoms with Gasteiger partial charge in [0.1, 0.15) is 18.3 Å². The van der Waals surface area contributed by atoms with Crippen molar-refractivity contribution in [2.75, 3.05) is 0 Å². The Morgan fingerprint density at radius 3 is 0.756 bits per heavy atom. The number of aliphatic hydroxyl groups is 3. The molecule has 0 amide bonds. The number of rotatable bonds is 24. The van der Waals surface area contributed by atoms with Crippen LogP contribution in [-0.2, 0) is 52.7 Å². The van der Waals surface area contributed by atoms with Crippen LogP contribution in [0.4, 0.5) is 0 Å². The maximum absolute atomic E-state index is 17.1. The number of ketones is 3. The molecule has 6 aromatic rings. The average molecular weight is 1060 g/mol. The summed E-state index contributed by atoms with van der Waals surface area (Å²) in [7, 11) is 0. The quantitative estimate of drug-likeness (QED) is 0.0296. The van der Waals surface area contributed by atoms with Crippen LogP contribution in [-0.4, -0.2) is 85.7 Å². The number of carbonyl (C=O) groups is 6. The Morgan fingerprint density at radius 2 is 0.526 bits per heavy atom. The Kier molecular flexibility index (Phi) is 19.3. The number of hydrogen-bond donors (Lipinski definition) is 3. The van der Waals surface area contributed by atoms with Gasteiger partial charge in [0.15, 0.2) is 0 Å². The van der Waals surface area contributed by atoms with Crippen LogP contribution in [0.15, 0.2) is 146 Å². The van der Waals surface area contributed by atoms with E-state index in [0.29, 0.717) is 44.9 Å². The highest BCUT2D eigenvalue weighted by atomic mass is 16.7. The largest absolute Gasteiger partial charge is 0.439 e. The molecule has 1 aliphatic rings. The number of ether oxygens (including phenoxy) is 3. The van der Waals surface area contributed by atoms with E-state index in [1.165, 1.54) is 72.8 Å². The second-order valence-electron chi connectivity index (χ2n) is 20.4. The first kappa shape index (κ1) is 58.3. The van der Waals surface area contributed by atoms with E-state index in [2.05, 4.69) is 0 Å². The lowest BCUT2D eigenvalue weighted by atomic mass is 9.52. The molecule has 3 N–H and O–H groups in total. The van der Waals surface area contributed by atoms with Gasteiger partial charge in [-0.1, -0.05) is 189 Å². The number of esters is 3. The molecule has 78 heavy (non-hydrogen) atoms. The summed E-state index contributed by atoms with van der Waals surface area (Å²) in [4.78, 5) is 97.0. The fourth-order valence-corrected chi connectivity index (χ4v) is 10.7. The van der Waals surface area contributed by atoms with Crippen LogP contribution < -0.4 is 0 Å². The minimum absolute atomic E-state index is 0.219. The molecular weight excluding hydrogens is 985 g/mol. The van der Waals surface area contributed by atoms with Crippen LogP contribution in [0.3, 0.4) is 0 Å². The molecule has 0 bridgehead atoms. The third-order valence-corrected chi connectivity index (χ3v) is 14.7. The Balaban J connectivity index is 1.70. The highest BCUT2D eigenvalue weighted by Gasteiger charge is 2.88. The van der Waals surface area contributed by atoms with E-state index in [1.54, 1.807) is 72.8 Å². The predicted octanol–water partition coefficient (Wildman–Crippen LogP) is 11.2. The molecule has 0 radical (unpaired) electrons. The lowest BCUT2D eigenvalue weighted by Crippen LogP contribution is -2.91. The van der Waals surface area contributed by atoms with Crippen LogP contribution in [0.2, 0.25) is 0 Å². The summed E-state index contributed by atoms with van der Waals surface area (Å²) in [6.45, 7) is 11.8. The van der Waals surface area contributed by atoms with Gasteiger partial charge in [0.25, 0.3) is 16.8 Å². The number of Topliss-reactive ketones (excluding diaryl/α,β-unsaturated/α-hetero) is 3. The summed E-state index contributed by atoms with van der Waals surface area (Å²) < 4.78 is 19.9. The lowest BCUT2D eigenvalue weighted by Gasteiger charge is -2.60. The first-order valence-corrected chi connectivity index (χ1v) is 27.5. The van der Waals surface area contributed by atoms with Crippen molar-refractivity contribution in [1.29, 1.82) is 0 Å². The van der Waals surface area contributed by atoms with E-state index in [1.807, 2.05) is 41.5 Å². The highest BCUT2D eigenvalue weighted by molar-refractivity contribution is 6.21. The van der Waals surface area contributed by atoms with Crippen LogP contribution >= 0.6 is 0 Å². The SMILES string of the molecule is CCCc1ccc(C(=O)O[C@@]2(C(=O)c3ccc(CCC)cc3)[C@@](OC(=O)c3ccc(CCC)cc3)(C(=O)c3ccc(CCC)cc3)[C@@H](O)[C@H](O)[C@@H](O)[C@@]2(OC(=O)c2ccc(CCC)cc2)C(=O)c2ccc(CCC)cc2)cc1. The standard InChI is InChI=1S/C66H72O12/c1-7-13-43-19-31-49(32-20-43)56(68)64(76-61(73)52-37-25-46(16-10-4)26-38-52)59(71)55(67)60(72)65(57(69)50-33-21-44(14-8-2)22-34-50,77-62(74)53-39-27-47(17-11-5)28-40-53)66(64,58(70)51-35-23-45(15-9-3)24-36-51)78-63(75)54-41-29-48(18-12-6)30-42-54/h19-42,55,59-60,67,71-72H,7-18H2,1-6H3/t55-,59-,60+,64+,65-,66-. The minimum atomic E-state index is -3.99. The second-order valence-corrected chi connectivity index (χ2v) is 20.4. The fourth-order valence-electron chi connectivity index (χ4n) is 10.7. The van der Waals surface area contributed by atoms with Gasteiger partial charge in [0, 0.05) is 16.7 Å². The number of aryl methyl sites for hydroxylation is 6. The van der Waals surface area contributed by atoms with Gasteiger partial charge >= 0.3 is 17.9 Å². The molecule has 7 rings (SSSR count). The average Bonchev–Trinajstić information content (AvgIpc) is 2.07. The highest BCUT2D eigenvalue weighted by Crippen LogP contribution is 2.56. The molecule has 0 saturated heterocycles. The van der Waals surface area contributed by atoms with Crippen molar-refractivity contribution in [1.82, 2.24) is 0 Å². The molecule has 6 aromatic carbocycles. The molecule has 0 aromatic heterocycles. The molecule has 1 fully saturated rings. The van der Waals surface area contributed by atoms with Gasteiger partial charge in [0.2, 0.25) is 17.3 Å². The third-order valence-electron chi connectivity index (χ3n) is 14.7. The lowest BCUT2D eigenvalue weighted by molar-refractivity contribution is -0.293. The Bertz CT molecular complexity index is 2890. The zero-order chi connectivity index (χ0) is 56.2. The molecule has 408 valence electrons. The Labute approximate surface area is 457 Å². The van der Waals surface area contributed by atoms with E-state index in [0.717, 1.165) is 65.5 Å². The Hall–Kier alpha value is -7.38. The summed E-state index contributed by atoms with van der Waals surface area (Å²) in [6, 6.07) is 36.1. The molecule has 12 heteroatoms. The molecule has 1 saturated carbocycles. The first-order valence-electron chi connectivity index (χ1n) is 27.5. The molecule has 0 heterocycles. The zero-order valence-electron chi connectivity index (χ0n) is 45.6. The second kappa shape index (κ2) is 25.8. The van der Waals surface area contributed by atoms with Crippen LogP contribution in [0.25, 0.3) is 0 Å². The van der Waals surface area contributed by atoms with Crippen molar-refractivity contribution in [3.8, 4) is 0 Å². The maximum Gasteiger partial charge on any atom is 0.339 e. The van der Waals surface area contributed by atoms with Crippen LogP contribution in [0.1, 0.15) is 176 Å². The van der Waals surface area contributed by atoms with Gasteiger partial charge < -0.3 is 29.5 Å². The molecule has 1 aliphatic carbocycles. The molecular formula is C66H72O12. The monoisotopic (exact) mass is 1060 g/mol. The van der Waals surface area contributed by atoms with Crippen molar-refractivity contribution >= 4 is 35.3 Å². The van der Waals surface area contributed by atoms with Crippen LogP contribution in [0, 0.1) is 0 Å². The van der Waals surface area contributed by atoms with Gasteiger partial charge in [-0.15, -0.1) is 0 Å². The number of hydrogen-bond acceptors (Lipinski definition) is 12. The topological polar surface area (TPSA) is 191 Å².